The number of rotatable bonds is 2. The summed E-state index contributed by atoms with van der Waals surface area (Å²) in [5.41, 5.74) is 7.18. The number of hydrogen-bond acceptors (Lipinski definition) is 3. The van der Waals surface area contributed by atoms with Crippen molar-refractivity contribution >= 4 is 15.7 Å². The van der Waals surface area contributed by atoms with E-state index in [9.17, 15) is 8.42 Å². The van der Waals surface area contributed by atoms with Gasteiger partial charge in [-0.3, -0.25) is 0 Å². The molecule has 1 heterocycles. The third kappa shape index (κ3) is 2.62. The van der Waals surface area contributed by atoms with E-state index in [-0.39, 0.29) is 12.1 Å². The molecule has 5 heteroatoms. The van der Waals surface area contributed by atoms with Gasteiger partial charge in [-0.25, -0.2) is 8.42 Å². The van der Waals surface area contributed by atoms with Gasteiger partial charge in [0, 0.05) is 17.8 Å². The van der Waals surface area contributed by atoms with Crippen molar-refractivity contribution in [1.82, 2.24) is 4.31 Å². The van der Waals surface area contributed by atoms with Gasteiger partial charge in [-0.1, -0.05) is 6.42 Å². The lowest BCUT2D eigenvalue weighted by Gasteiger charge is -2.37. The Labute approximate surface area is 115 Å². The summed E-state index contributed by atoms with van der Waals surface area (Å²) in [6, 6.07) is 5.06. The van der Waals surface area contributed by atoms with Crippen molar-refractivity contribution in [2.75, 3.05) is 5.73 Å². The van der Waals surface area contributed by atoms with Crippen molar-refractivity contribution in [3.05, 3.63) is 23.8 Å². The van der Waals surface area contributed by atoms with Crippen molar-refractivity contribution in [2.45, 2.75) is 57.0 Å². The van der Waals surface area contributed by atoms with Crippen LogP contribution < -0.4 is 5.73 Å². The molecule has 1 aliphatic rings. The number of aryl methyl sites for hydroxylation is 1. The first-order valence-electron chi connectivity index (χ1n) is 6.73. The predicted molar refractivity (Wildman–Crippen MR) is 77.4 cm³/mol. The summed E-state index contributed by atoms with van der Waals surface area (Å²) in [6.07, 6.45) is 2.95. The Morgan fingerprint density at radius 3 is 2.32 bits per heavy atom. The molecule has 1 aliphatic heterocycles. The van der Waals surface area contributed by atoms with Gasteiger partial charge in [0.1, 0.15) is 0 Å². The van der Waals surface area contributed by atoms with E-state index in [1.54, 1.807) is 22.5 Å². The monoisotopic (exact) mass is 282 g/mol. The fraction of sp³-hybridized carbons (Fsp3) is 0.571. The maximum atomic E-state index is 12.8. The predicted octanol–water partition coefficient (Wildman–Crippen LogP) is 2.53. The summed E-state index contributed by atoms with van der Waals surface area (Å²) in [6.45, 7) is 5.80. The number of piperidine rings is 1. The van der Waals surface area contributed by atoms with Crippen LogP contribution in [0.2, 0.25) is 0 Å². The van der Waals surface area contributed by atoms with Crippen LogP contribution in [0.25, 0.3) is 0 Å². The van der Waals surface area contributed by atoms with Gasteiger partial charge in [-0.2, -0.15) is 4.31 Å². The fourth-order valence-corrected chi connectivity index (χ4v) is 4.77. The van der Waals surface area contributed by atoms with Gasteiger partial charge in [0.05, 0.1) is 4.90 Å². The Kier molecular flexibility index (Phi) is 3.87. The highest BCUT2D eigenvalue weighted by atomic mass is 32.2. The number of sulfonamides is 1. The summed E-state index contributed by atoms with van der Waals surface area (Å²) in [7, 11) is -3.42. The molecule has 1 aromatic rings. The van der Waals surface area contributed by atoms with Crippen LogP contribution >= 0.6 is 0 Å². The highest BCUT2D eigenvalue weighted by Gasteiger charge is 2.35. The Morgan fingerprint density at radius 2 is 1.79 bits per heavy atom. The second-order valence-corrected chi connectivity index (χ2v) is 7.33. The van der Waals surface area contributed by atoms with Crippen LogP contribution in [0.15, 0.2) is 23.1 Å². The largest absolute Gasteiger partial charge is 0.399 e. The van der Waals surface area contributed by atoms with E-state index < -0.39 is 10.0 Å². The molecule has 1 saturated heterocycles. The van der Waals surface area contributed by atoms with Gasteiger partial charge in [0.15, 0.2) is 0 Å². The molecule has 2 atom stereocenters. The molecule has 2 N–H and O–H groups in total. The fourth-order valence-electron chi connectivity index (χ4n) is 2.80. The van der Waals surface area contributed by atoms with E-state index in [0.717, 1.165) is 24.8 Å². The molecule has 0 unspecified atom stereocenters. The lowest BCUT2D eigenvalue weighted by Crippen LogP contribution is -2.47. The van der Waals surface area contributed by atoms with Gasteiger partial charge in [-0.05, 0) is 57.4 Å². The zero-order valence-corrected chi connectivity index (χ0v) is 12.6. The number of anilines is 1. The lowest BCUT2D eigenvalue weighted by atomic mass is 10.0. The van der Waals surface area contributed by atoms with Crippen LogP contribution in [0.1, 0.15) is 38.7 Å². The van der Waals surface area contributed by atoms with Crippen LogP contribution in [0.4, 0.5) is 5.69 Å². The zero-order chi connectivity index (χ0) is 14.2. The molecule has 0 saturated carbocycles. The summed E-state index contributed by atoms with van der Waals surface area (Å²) < 4.78 is 27.2. The molecule has 0 spiro atoms. The number of benzene rings is 1. The Morgan fingerprint density at radius 1 is 1.21 bits per heavy atom. The van der Waals surface area contributed by atoms with Crippen molar-refractivity contribution in [3.8, 4) is 0 Å². The number of nitrogens with two attached hydrogens (primary N) is 1. The van der Waals surface area contributed by atoms with Crippen molar-refractivity contribution < 1.29 is 8.42 Å². The summed E-state index contributed by atoms with van der Waals surface area (Å²) in [5, 5.41) is 0. The molecule has 4 nitrogen and oxygen atoms in total. The molecule has 1 fully saturated rings. The number of nitrogen functional groups attached to an aromatic ring is 1. The molecule has 0 aromatic heterocycles. The molecule has 1 aromatic carbocycles. The van der Waals surface area contributed by atoms with Crippen molar-refractivity contribution in [2.24, 2.45) is 0 Å². The van der Waals surface area contributed by atoms with E-state index >= 15 is 0 Å². The third-order valence-corrected chi connectivity index (χ3v) is 6.05. The van der Waals surface area contributed by atoms with Crippen molar-refractivity contribution in [1.29, 1.82) is 0 Å². The minimum Gasteiger partial charge on any atom is -0.399 e. The molecule has 106 valence electrons. The molecule has 19 heavy (non-hydrogen) atoms. The van der Waals surface area contributed by atoms with E-state index in [0.29, 0.717) is 10.6 Å². The van der Waals surface area contributed by atoms with Crippen LogP contribution in [-0.4, -0.2) is 24.8 Å². The second-order valence-electron chi connectivity index (χ2n) is 5.48. The SMILES string of the molecule is Cc1cc(S(=O)(=O)N2[C@H](C)CCC[C@@H]2C)ccc1N. The van der Waals surface area contributed by atoms with Crippen LogP contribution in [0.3, 0.4) is 0 Å². The molecule has 0 aliphatic carbocycles. The smallest absolute Gasteiger partial charge is 0.243 e. The van der Waals surface area contributed by atoms with Crippen molar-refractivity contribution in [3.63, 3.8) is 0 Å². The summed E-state index contributed by atoms with van der Waals surface area (Å²) >= 11 is 0. The minimum atomic E-state index is -3.42. The molecule has 0 bridgehead atoms. The average Bonchev–Trinajstić information content (AvgIpc) is 2.32. The molecular formula is C14H22N2O2S. The standard InChI is InChI=1S/C14H22N2O2S/c1-10-9-13(7-8-14(10)15)19(17,18)16-11(2)5-4-6-12(16)3/h7-9,11-12H,4-6,15H2,1-3H3/t11-,12+. The quantitative estimate of drug-likeness (QED) is 0.848. The molecule has 2 rings (SSSR count). The Balaban J connectivity index is 2.43. The third-order valence-electron chi connectivity index (χ3n) is 3.93. The maximum Gasteiger partial charge on any atom is 0.243 e. The van der Waals surface area contributed by atoms with E-state index in [1.807, 2.05) is 20.8 Å². The van der Waals surface area contributed by atoms with Gasteiger partial charge in [-0.15, -0.1) is 0 Å². The number of hydrogen-bond donors (Lipinski definition) is 1. The first kappa shape index (κ1) is 14.3. The van der Waals surface area contributed by atoms with Crippen LogP contribution in [-0.2, 0) is 10.0 Å². The molecule has 0 amide bonds. The van der Waals surface area contributed by atoms with E-state index in [4.69, 9.17) is 5.73 Å². The van der Waals surface area contributed by atoms with E-state index in [1.165, 1.54) is 0 Å². The first-order chi connectivity index (χ1) is 8.84. The van der Waals surface area contributed by atoms with Gasteiger partial charge >= 0.3 is 0 Å². The Bertz CT molecular complexity index is 559. The highest BCUT2D eigenvalue weighted by Crippen LogP contribution is 2.30. The first-order valence-corrected chi connectivity index (χ1v) is 8.17. The lowest BCUT2D eigenvalue weighted by molar-refractivity contribution is 0.204. The summed E-state index contributed by atoms with van der Waals surface area (Å²) in [5.74, 6) is 0. The van der Waals surface area contributed by atoms with Gasteiger partial charge in [0.2, 0.25) is 10.0 Å². The summed E-state index contributed by atoms with van der Waals surface area (Å²) in [4.78, 5) is 0.347. The minimum absolute atomic E-state index is 0.0617. The Hall–Kier alpha value is -1.07. The second kappa shape index (κ2) is 5.13. The highest BCUT2D eigenvalue weighted by molar-refractivity contribution is 7.89. The maximum absolute atomic E-state index is 12.8. The van der Waals surface area contributed by atoms with Crippen LogP contribution in [0.5, 0.6) is 0 Å². The zero-order valence-electron chi connectivity index (χ0n) is 11.8. The molecule has 0 radical (unpaired) electrons. The topological polar surface area (TPSA) is 63.4 Å². The number of nitrogens with zero attached hydrogens (tertiary/aromatic N) is 1. The normalized spacial score (nSPS) is 25.4. The van der Waals surface area contributed by atoms with Gasteiger partial charge < -0.3 is 5.73 Å². The molecular weight excluding hydrogens is 260 g/mol. The van der Waals surface area contributed by atoms with Crippen LogP contribution in [0, 0.1) is 6.92 Å². The average molecular weight is 282 g/mol. The van der Waals surface area contributed by atoms with Gasteiger partial charge in [0.25, 0.3) is 0 Å². The van der Waals surface area contributed by atoms with E-state index in [2.05, 4.69) is 0 Å².